The van der Waals surface area contributed by atoms with E-state index in [9.17, 15) is 5.11 Å². The van der Waals surface area contributed by atoms with Crippen LogP contribution in [0.25, 0.3) is 0 Å². The fourth-order valence-corrected chi connectivity index (χ4v) is 1.73. The molecule has 0 amide bonds. The highest BCUT2D eigenvalue weighted by atomic mass is 16.5. The van der Waals surface area contributed by atoms with Crippen molar-refractivity contribution >= 4 is 0 Å². The maximum Gasteiger partial charge on any atom is 0.0700 e. The van der Waals surface area contributed by atoms with E-state index in [1.54, 1.807) is 0 Å². The van der Waals surface area contributed by atoms with E-state index in [0.717, 1.165) is 38.9 Å². The van der Waals surface area contributed by atoms with Gasteiger partial charge in [0, 0.05) is 18.8 Å². The normalized spacial score (nSPS) is 14.8. The third-order valence-electron chi connectivity index (χ3n) is 3.17. The average molecular weight is 247 g/mol. The van der Waals surface area contributed by atoms with Crippen molar-refractivity contribution in [1.82, 2.24) is 5.32 Å². The van der Waals surface area contributed by atoms with Crippen LogP contribution in [-0.2, 0) is 9.47 Å². The van der Waals surface area contributed by atoms with Crippen LogP contribution in [0.4, 0.5) is 0 Å². The van der Waals surface area contributed by atoms with E-state index in [1.165, 1.54) is 0 Å². The maximum atomic E-state index is 9.35. The minimum Gasteiger partial charge on any atom is -0.394 e. The zero-order chi connectivity index (χ0) is 13.0. The fraction of sp³-hybridized carbons (Fsp3) is 1.00. The highest BCUT2D eigenvalue weighted by Gasteiger charge is 2.23. The highest BCUT2D eigenvalue weighted by Crippen LogP contribution is 2.16. The van der Waals surface area contributed by atoms with Gasteiger partial charge in [-0.15, -0.1) is 0 Å². The van der Waals surface area contributed by atoms with Crippen molar-refractivity contribution in [2.24, 2.45) is 0 Å². The summed E-state index contributed by atoms with van der Waals surface area (Å²) in [6.07, 6.45) is 3.88. The summed E-state index contributed by atoms with van der Waals surface area (Å²) in [7, 11) is 1.90. The SMILES string of the molecule is CCCOCCOCCCC(CC)(CO)NC. The van der Waals surface area contributed by atoms with Crippen LogP contribution in [0.5, 0.6) is 0 Å². The standard InChI is InChI=1S/C13H29NO3/c1-4-8-16-10-11-17-9-6-7-13(5-2,12-15)14-3/h14-15H,4-12H2,1-3H3. The second kappa shape index (κ2) is 11.0. The van der Waals surface area contributed by atoms with Gasteiger partial charge >= 0.3 is 0 Å². The van der Waals surface area contributed by atoms with E-state index in [1.807, 2.05) is 7.05 Å². The molecule has 0 bridgehead atoms. The molecule has 4 heteroatoms. The number of aliphatic hydroxyl groups excluding tert-OH is 1. The molecule has 0 saturated carbocycles. The lowest BCUT2D eigenvalue weighted by atomic mass is 9.92. The number of ether oxygens (including phenoxy) is 2. The molecule has 0 aromatic heterocycles. The molecule has 17 heavy (non-hydrogen) atoms. The molecular weight excluding hydrogens is 218 g/mol. The summed E-state index contributed by atoms with van der Waals surface area (Å²) in [6, 6.07) is 0. The molecule has 0 rings (SSSR count). The minimum absolute atomic E-state index is 0.137. The zero-order valence-electron chi connectivity index (χ0n) is 11.6. The lowest BCUT2D eigenvalue weighted by molar-refractivity contribution is 0.0424. The van der Waals surface area contributed by atoms with Gasteiger partial charge in [-0.2, -0.15) is 0 Å². The molecule has 104 valence electrons. The Kier molecular flexibility index (Phi) is 10.9. The maximum absolute atomic E-state index is 9.35. The van der Waals surface area contributed by atoms with Crippen LogP contribution in [0.3, 0.4) is 0 Å². The van der Waals surface area contributed by atoms with Crippen molar-refractivity contribution in [3.63, 3.8) is 0 Å². The summed E-state index contributed by atoms with van der Waals surface area (Å²) < 4.78 is 10.8. The lowest BCUT2D eigenvalue weighted by Gasteiger charge is -2.30. The molecule has 0 aromatic rings. The number of nitrogens with one attached hydrogen (secondary N) is 1. The van der Waals surface area contributed by atoms with E-state index >= 15 is 0 Å². The number of likely N-dealkylation sites (N-methyl/N-ethyl adjacent to an activating group) is 1. The van der Waals surface area contributed by atoms with Crippen molar-refractivity contribution in [2.45, 2.75) is 45.1 Å². The number of hydrogen-bond acceptors (Lipinski definition) is 4. The second-order valence-corrected chi connectivity index (χ2v) is 4.37. The van der Waals surface area contributed by atoms with Crippen LogP contribution in [0.15, 0.2) is 0 Å². The molecule has 0 fully saturated rings. The number of aliphatic hydroxyl groups is 1. The van der Waals surface area contributed by atoms with Crippen molar-refractivity contribution < 1.29 is 14.6 Å². The van der Waals surface area contributed by atoms with Gasteiger partial charge in [-0.3, -0.25) is 0 Å². The molecule has 0 aromatic carbocycles. The molecule has 0 aliphatic heterocycles. The second-order valence-electron chi connectivity index (χ2n) is 4.37. The molecule has 0 aliphatic carbocycles. The van der Waals surface area contributed by atoms with Crippen LogP contribution in [-0.4, -0.2) is 50.7 Å². The van der Waals surface area contributed by atoms with Crippen LogP contribution in [0.1, 0.15) is 39.5 Å². The molecule has 1 atom stereocenters. The molecule has 0 heterocycles. The van der Waals surface area contributed by atoms with Gasteiger partial charge < -0.3 is 19.9 Å². The Balaban J connectivity index is 3.43. The molecule has 4 nitrogen and oxygen atoms in total. The Morgan fingerprint density at radius 2 is 1.71 bits per heavy atom. The molecular formula is C13H29NO3. The van der Waals surface area contributed by atoms with E-state index in [0.29, 0.717) is 13.2 Å². The third kappa shape index (κ3) is 7.71. The van der Waals surface area contributed by atoms with Crippen LogP contribution in [0.2, 0.25) is 0 Å². The van der Waals surface area contributed by atoms with Crippen molar-refractivity contribution in [3.05, 3.63) is 0 Å². The first-order valence-electron chi connectivity index (χ1n) is 6.70. The summed E-state index contributed by atoms with van der Waals surface area (Å²) >= 11 is 0. The van der Waals surface area contributed by atoms with Crippen molar-refractivity contribution in [3.8, 4) is 0 Å². The predicted octanol–water partition coefficient (Wildman–Crippen LogP) is 1.57. The Morgan fingerprint density at radius 1 is 1.06 bits per heavy atom. The van der Waals surface area contributed by atoms with Crippen molar-refractivity contribution in [1.29, 1.82) is 0 Å². The Labute approximate surface area is 106 Å². The third-order valence-corrected chi connectivity index (χ3v) is 3.17. The fourth-order valence-electron chi connectivity index (χ4n) is 1.73. The first kappa shape index (κ1) is 16.8. The highest BCUT2D eigenvalue weighted by molar-refractivity contribution is 4.84. The van der Waals surface area contributed by atoms with Gasteiger partial charge in [-0.05, 0) is 32.7 Å². The van der Waals surface area contributed by atoms with Gasteiger partial charge in [0.1, 0.15) is 0 Å². The van der Waals surface area contributed by atoms with E-state index in [-0.39, 0.29) is 12.1 Å². The van der Waals surface area contributed by atoms with Gasteiger partial charge in [0.05, 0.1) is 19.8 Å². The van der Waals surface area contributed by atoms with E-state index < -0.39 is 0 Å². The molecule has 0 spiro atoms. The first-order chi connectivity index (χ1) is 8.24. The van der Waals surface area contributed by atoms with Crippen LogP contribution >= 0.6 is 0 Å². The molecule has 2 N–H and O–H groups in total. The Bertz CT molecular complexity index is 152. The Morgan fingerprint density at radius 3 is 2.18 bits per heavy atom. The summed E-state index contributed by atoms with van der Waals surface area (Å²) in [5.41, 5.74) is -0.137. The minimum atomic E-state index is -0.137. The van der Waals surface area contributed by atoms with Gasteiger partial charge in [0.15, 0.2) is 0 Å². The van der Waals surface area contributed by atoms with Gasteiger partial charge in [-0.1, -0.05) is 13.8 Å². The van der Waals surface area contributed by atoms with Crippen LogP contribution < -0.4 is 5.32 Å². The lowest BCUT2D eigenvalue weighted by Crippen LogP contribution is -2.46. The number of hydrogen-bond donors (Lipinski definition) is 2. The molecule has 0 radical (unpaired) electrons. The molecule has 0 saturated heterocycles. The monoisotopic (exact) mass is 247 g/mol. The summed E-state index contributed by atoms with van der Waals surface area (Å²) in [5.74, 6) is 0. The summed E-state index contributed by atoms with van der Waals surface area (Å²) in [6.45, 7) is 7.26. The predicted molar refractivity (Wildman–Crippen MR) is 70.3 cm³/mol. The molecule has 0 aliphatic rings. The Hall–Kier alpha value is -0.160. The average Bonchev–Trinajstić information content (AvgIpc) is 2.38. The smallest absolute Gasteiger partial charge is 0.0700 e. The van der Waals surface area contributed by atoms with E-state index in [4.69, 9.17) is 9.47 Å². The van der Waals surface area contributed by atoms with Gasteiger partial charge in [0.2, 0.25) is 0 Å². The van der Waals surface area contributed by atoms with Gasteiger partial charge in [-0.25, -0.2) is 0 Å². The first-order valence-corrected chi connectivity index (χ1v) is 6.70. The zero-order valence-corrected chi connectivity index (χ0v) is 11.6. The number of rotatable bonds is 12. The summed E-state index contributed by atoms with van der Waals surface area (Å²) in [5, 5.41) is 12.6. The topological polar surface area (TPSA) is 50.7 Å². The van der Waals surface area contributed by atoms with Crippen molar-refractivity contribution in [2.75, 3.05) is 40.1 Å². The summed E-state index contributed by atoms with van der Waals surface area (Å²) in [4.78, 5) is 0. The van der Waals surface area contributed by atoms with Gasteiger partial charge in [0.25, 0.3) is 0 Å². The molecule has 1 unspecified atom stereocenters. The quantitative estimate of drug-likeness (QED) is 0.514. The van der Waals surface area contributed by atoms with E-state index in [2.05, 4.69) is 19.2 Å². The largest absolute Gasteiger partial charge is 0.394 e. The van der Waals surface area contributed by atoms with Crippen LogP contribution in [0, 0.1) is 0 Å².